The fraction of sp³-hybridized carbons (Fsp3) is 1.00. The van der Waals surface area contributed by atoms with Crippen LogP contribution in [0.3, 0.4) is 0 Å². The molecule has 2 nitrogen and oxygen atoms in total. The first-order valence-corrected chi connectivity index (χ1v) is 5.57. The van der Waals surface area contributed by atoms with Crippen molar-refractivity contribution in [3.8, 4) is 0 Å². The SMILES string of the molecule is CCCCN(C)C(CN)C(C)CC. The Labute approximate surface area is 83.5 Å². The molecule has 2 N–H and O–H groups in total. The average molecular weight is 186 g/mol. The highest BCUT2D eigenvalue weighted by molar-refractivity contribution is 4.74. The van der Waals surface area contributed by atoms with Crippen LogP contribution in [0.1, 0.15) is 40.0 Å². The molecule has 2 heteroatoms. The Balaban J connectivity index is 3.90. The van der Waals surface area contributed by atoms with Crippen LogP contribution < -0.4 is 5.73 Å². The molecular formula is C11H26N2. The molecule has 0 rings (SSSR count). The van der Waals surface area contributed by atoms with E-state index in [0.717, 1.165) is 6.54 Å². The largest absolute Gasteiger partial charge is 0.329 e. The Morgan fingerprint density at radius 1 is 1.31 bits per heavy atom. The maximum absolute atomic E-state index is 5.78. The predicted molar refractivity (Wildman–Crippen MR) is 59.8 cm³/mol. The van der Waals surface area contributed by atoms with Crippen LogP contribution in [0, 0.1) is 5.92 Å². The highest BCUT2D eigenvalue weighted by Gasteiger charge is 2.17. The zero-order valence-electron chi connectivity index (χ0n) is 9.71. The normalized spacial score (nSPS) is 16.2. The minimum absolute atomic E-state index is 0.566. The summed E-state index contributed by atoms with van der Waals surface area (Å²) in [6, 6.07) is 0.566. The summed E-state index contributed by atoms with van der Waals surface area (Å²) in [6.45, 7) is 8.73. The predicted octanol–water partition coefficient (Wildman–Crippen LogP) is 2.09. The van der Waals surface area contributed by atoms with Gasteiger partial charge in [0.05, 0.1) is 0 Å². The molecule has 0 aromatic heterocycles. The van der Waals surface area contributed by atoms with E-state index in [9.17, 15) is 0 Å². The Bertz CT molecular complexity index is 115. The number of likely N-dealkylation sites (N-methyl/N-ethyl adjacent to an activating group) is 1. The van der Waals surface area contributed by atoms with E-state index in [-0.39, 0.29) is 0 Å². The van der Waals surface area contributed by atoms with Gasteiger partial charge in [0.1, 0.15) is 0 Å². The highest BCUT2D eigenvalue weighted by Crippen LogP contribution is 2.12. The van der Waals surface area contributed by atoms with Crippen molar-refractivity contribution in [1.29, 1.82) is 0 Å². The lowest BCUT2D eigenvalue weighted by Crippen LogP contribution is -2.42. The molecule has 80 valence electrons. The van der Waals surface area contributed by atoms with Crippen molar-refractivity contribution in [1.82, 2.24) is 4.90 Å². The fourth-order valence-electron chi connectivity index (χ4n) is 1.69. The fourth-order valence-corrected chi connectivity index (χ4v) is 1.69. The van der Waals surface area contributed by atoms with Gasteiger partial charge in [-0.05, 0) is 25.9 Å². The Morgan fingerprint density at radius 2 is 1.92 bits per heavy atom. The molecule has 0 aliphatic rings. The molecule has 2 unspecified atom stereocenters. The number of nitrogens with zero attached hydrogens (tertiary/aromatic N) is 1. The van der Waals surface area contributed by atoms with Crippen molar-refractivity contribution in [3.05, 3.63) is 0 Å². The number of unbranched alkanes of at least 4 members (excludes halogenated alkanes) is 1. The monoisotopic (exact) mass is 186 g/mol. The van der Waals surface area contributed by atoms with Crippen molar-refractivity contribution in [3.63, 3.8) is 0 Å². The van der Waals surface area contributed by atoms with Crippen LogP contribution in [-0.4, -0.2) is 31.1 Å². The van der Waals surface area contributed by atoms with Crippen molar-refractivity contribution >= 4 is 0 Å². The van der Waals surface area contributed by atoms with Gasteiger partial charge in [-0.1, -0.05) is 33.6 Å². The van der Waals surface area contributed by atoms with E-state index in [4.69, 9.17) is 5.73 Å². The van der Waals surface area contributed by atoms with E-state index >= 15 is 0 Å². The molecule has 0 aromatic rings. The zero-order valence-corrected chi connectivity index (χ0v) is 9.71. The summed E-state index contributed by atoms with van der Waals surface area (Å²) in [5.41, 5.74) is 5.78. The first-order chi connectivity index (χ1) is 6.17. The van der Waals surface area contributed by atoms with E-state index in [1.165, 1.54) is 25.8 Å². The Kier molecular flexibility index (Phi) is 7.29. The smallest absolute Gasteiger partial charge is 0.0240 e. The van der Waals surface area contributed by atoms with Gasteiger partial charge < -0.3 is 10.6 Å². The van der Waals surface area contributed by atoms with Crippen LogP contribution >= 0.6 is 0 Å². The molecule has 2 atom stereocenters. The van der Waals surface area contributed by atoms with Crippen LogP contribution in [0.4, 0.5) is 0 Å². The van der Waals surface area contributed by atoms with E-state index in [2.05, 4.69) is 32.7 Å². The third kappa shape index (κ3) is 4.63. The van der Waals surface area contributed by atoms with Crippen LogP contribution in [-0.2, 0) is 0 Å². The molecule has 0 aliphatic heterocycles. The van der Waals surface area contributed by atoms with Crippen molar-refractivity contribution in [2.45, 2.75) is 46.1 Å². The van der Waals surface area contributed by atoms with Crippen molar-refractivity contribution in [2.24, 2.45) is 11.7 Å². The topological polar surface area (TPSA) is 29.3 Å². The molecule has 0 heterocycles. The third-order valence-corrected chi connectivity index (χ3v) is 2.97. The van der Waals surface area contributed by atoms with E-state index in [0.29, 0.717) is 12.0 Å². The van der Waals surface area contributed by atoms with Crippen LogP contribution in [0.25, 0.3) is 0 Å². The van der Waals surface area contributed by atoms with Crippen LogP contribution in [0.15, 0.2) is 0 Å². The molecule has 0 aliphatic carbocycles. The molecule has 0 fully saturated rings. The summed E-state index contributed by atoms with van der Waals surface area (Å²) < 4.78 is 0. The summed E-state index contributed by atoms with van der Waals surface area (Å²) in [5, 5.41) is 0. The molecule has 0 spiro atoms. The second-order valence-electron chi connectivity index (χ2n) is 4.02. The third-order valence-electron chi connectivity index (χ3n) is 2.97. The molecule has 0 bridgehead atoms. The second kappa shape index (κ2) is 7.34. The minimum Gasteiger partial charge on any atom is -0.329 e. The quantitative estimate of drug-likeness (QED) is 0.659. The molecule has 0 saturated heterocycles. The molecule has 0 radical (unpaired) electrons. The molecule has 0 saturated carbocycles. The molecule has 13 heavy (non-hydrogen) atoms. The van der Waals surface area contributed by atoms with Gasteiger partial charge in [-0.25, -0.2) is 0 Å². The van der Waals surface area contributed by atoms with Crippen molar-refractivity contribution in [2.75, 3.05) is 20.1 Å². The van der Waals surface area contributed by atoms with E-state index < -0.39 is 0 Å². The van der Waals surface area contributed by atoms with Gasteiger partial charge in [-0.3, -0.25) is 0 Å². The van der Waals surface area contributed by atoms with Gasteiger partial charge in [0.2, 0.25) is 0 Å². The number of nitrogens with two attached hydrogens (primary N) is 1. The summed E-state index contributed by atoms with van der Waals surface area (Å²) in [6.07, 6.45) is 3.77. The minimum atomic E-state index is 0.566. The summed E-state index contributed by atoms with van der Waals surface area (Å²) in [7, 11) is 2.19. The maximum Gasteiger partial charge on any atom is 0.0240 e. The van der Waals surface area contributed by atoms with E-state index in [1.807, 2.05) is 0 Å². The van der Waals surface area contributed by atoms with Gasteiger partial charge in [0.15, 0.2) is 0 Å². The highest BCUT2D eigenvalue weighted by atomic mass is 15.1. The summed E-state index contributed by atoms with van der Waals surface area (Å²) in [4.78, 5) is 2.41. The molecular weight excluding hydrogens is 160 g/mol. The maximum atomic E-state index is 5.78. The van der Waals surface area contributed by atoms with Gasteiger partial charge in [0.25, 0.3) is 0 Å². The standard InChI is InChI=1S/C11H26N2/c1-5-7-8-13(4)11(9-12)10(3)6-2/h10-11H,5-9,12H2,1-4H3. The number of hydrogen-bond acceptors (Lipinski definition) is 2. The lowest BCUT2D eigenvalue weighted by atomic mass is 9.98. The lowest BCUT2D eigenvalue weighted by molar-refractivity contribution is 0.183. The second-order valence-corrected chi connectivity index (χ2v) is 4.02. The van der Waals surface area contributed by atoms with Gasteiger partial charge in [0, 0.05) is 12.6 Å². The first-order valence-electron chi connectivity index (χ1n) is 5.57. The molecule has 0 aromatic carbocycles. The zero-order chi connectivity index (χ0) is 10.3. The molecule has 0 amide bonds. The van der Waals surface area contributed by atoms with Gasteiger partial charge in [-0.2, -0.15) is 0 Å². The Hall–Kier alpha value is -0.0800. The summed E-state index contributed by atoms with van der Waals surface area (Å²) in [5.74, 6) is 0.715. The van der Waals surface area contributed by atoms with E-state index in [1.54, 1.807) is 0 Å². The first kappa shape index (κ1) is 12.9. The summed E-state index contributed by atoms with van der Waals surface area (Å²) >= 11 is 0. The average Bonchev–Trinajstić information content (AvgIpc) is 2.15. The van der Waals surface area contributed by atoms with Gasteiger partial charge in [-0.15, -0.1) is 0 Å². The van der Waals surface area contributed by atoms with Crippen LogP contribution in [0.2, 0.25) is 0 Å². The number of hydrogen-bond donors (Lipinski definition) is 1. The number of rotatable bonds is 7. The van der Waals surface area contributed by atoms with Gasteiger partial charge >= 0.3 is 0 Å². The lowest BCUT2D eigenvalue weighted by Gasteiger charge is -2.31. The Morgan fingerprint density at radius 3 is 2.31 bits per heavy atom. The van der Waals surface area contributed by atoms with Crippen molar-refractivity contribution < 1.29 is 0 Å². The van der Waals surface area contributed by atoms with Crippen LogP contribution in [0.5, 0.6) is 0 Å².